The van der Waals surface area contributed by atoms with E-state index in [4.69, 9.17) is 4.74 Å². The van der Waals surface area contributed by atoms with Crippen LogP contribution in [0, 0.1) is 35.6 Å². The van der Waals surface area contributed by atoms with Crippen molar-refractivity contribution in [2.75, 3.05) is 12.4 Å². The van der Waals surface area contributed by atoms with E-state index in [1.165, 1.54) is 17.9 Å². The summed E-state index contributed by atoms with van der Waals surface area (Å²) in [5.74, 6) is -1.37. The van der Waals surface area contributed by atoms with Crippen molar-refractivity contribution in [3.63, 3.8) is 0 Å². The molecular formula is C19H18F2N4O3. The summed E-state index contributed by atoms with van der Waals surface area (Å²) >= 11 is 0. The Labute approximate surface area is 159 Å². The van der Waals surface area contributed by atoms with Crippen molar-refractivity contribution in [2.45, 2.75) is 13.8 Å². The third-order valence-electron chi connectivity index (χ3n) is 4.33. The highest BCUT2D eigenvalue weighted by atomic mass is 19.1. The van der Waals surface area contributed by atoms with E-state index >= 15 is 0 Å². The van der Waals surface area contributed by atoms with Crippen LogP contribution in [0.2, 0.25) is 0 Å². The van der Waals surface area contributed by atoms with Crippen LogP contribution in [0.5, 0.6) is 5.75 Å². The summed E-state index contributed by atoms with van der Waals surface area (Å²) in [6.07, 6.45) is 0. The maximum atomic E-state index is 14.7. The van der Waals surface area contributed by atoms with Crippen molar-refractivity contribution in [3.8, 4) is 16.9 Å². The zero-order chi connectivity index (χ0) is 20.6. The number of nitro groups is 1. The molecular weight excluding hydrogens is 370 g/mol. The van der Waals surface area contributed by atoms with Crippen molar-refractivity contribution in [1.29, 1.82) is 0 Å². The number of nitro benzene ring substituents is 1. The molecule has 3 rings (SSSR count). The van der Waals surface area contributed by atoms with Gasteiger partial charge in [0.15, 0.2) is 0 Å². The van der Waals surface area contributed by atoms with Crippen molar-refractivity contribution in [1.82, 2.24) is 9.78 Å². The molecule has 0 bridgehead atoms. The van der Waals surface area contributed by atoms with Gasteiger partial charge in [0.25, 0.3) is 5.69 Å². The number of rotatable bonds is 5. The first-order valence-corrected chi connectivity index (χ1v) is 8.32. The number of anilines is 2. The lowest BCUT2D eigenvalue weighted by Crippen LogP contribution is -2.04. The van der Waals surface area contributed by atoms with Gasteiger partial charge in [0.05, 0.1) is 28.9 Å². The monoisotopic (exact) mass is 388 g/mol. The highest BCUT2D eigenvalue weighted by molar-refractivity contribution is 5.83. The highest BCUT2D eigenvalue weighted by Crippen LogP contribution is 2.39. The fourth-order valence-corrected chi connectivity index (χ4v) is 3.03. The zero-order valence-electron chi connectivity index (χ0n) is 15.7. The third-order valence-corrected chi connectivity index (χ3v) is 4.33. The molecule has 0 aliphatic carbocycles. The van der Waals surface area contributed by atoms with Crippen LogP contribution in [0.15, 0.2) is 30.3 Å². The van der Waals surface area contributed by atoms with Gasteiger partial charge in [0, 0.05) is 25.2 Å². The van der Waals surface area contributed by atoms with Gasteiger partial charge < -0.3 is 10.1 Å². The van der Waals surface area contributed by atoms with E-state index in [1.54, 1.807) is 33.0 Å². The van der Waals surface area contributed by atoms with Crippen LogP contribution in [0.1, 0.15) is 11.3 Å². The van der Waals surface area contributed by atoms with Crippen LogP contribution < -0.4 is 10.1 Å². The van der Waals surface area contributed by atoms with Crippen molar-refractivity contribution < 1.29 is 18.4 Å². The summed E-state index contributed by atoms with van der Waals surface area (Å²) in [5.41, 5.74) is 1.00. The fraction of sp³-hybridized carbons (Fsp3) is 0.211. The summed E-state index contributed by atoms with van der Waals surface area (Å²) in [4.78, 5) is 10.9. The zero-order valence-corrected chi connectivity index (χ0v) is 15.7. The summed E-state index contributed by atoms with van der Waals surface area (Å²) in [5, 5.41) is 18.5. The topological polar surface area (TPSA) is 82.2 Å². The molecule has 1 N–H and O–H groups in total. The number of ether oxygens (including phenoxy) is 1. The predicted molar refractivity (Wildman–Crippen MR) is 101 cm³/mol. The van der Waals surface area contributed by atoms with Gasteiger partial charge in [-0.05, 0) is 25.5 Å². The molecule has 0 spiro atoms. The van der Waals surface area contributed by atoms with E-state index in [0.717, 1.165) is 12.1 Å². The molecule has 146 valence electrons. The van der Waals surface area contributed by atoms with Gasteiger partial charge in [-0.15, -0.1) is 0 Å². The van der Waals surface area contributed by atoms with Crippen molar-refractivity contribution >= 4 is 17.2 Å². The maximum absolute atomic E-state index is 14.7. The molecule has 0 unspecified atom stereocenters. The summed E-state index contributed by atoms with van der Waals surface area (Å²) in [7, 11) is 2.89. The van der Waals surface area contributed by atoms with Crippen LogP contribution in [0.4, 0.5) is 26.0 Å². The van der Waals surface area contributed by atoms with Gasteiger partial charge in [-0.25, -0.2) is 8.78 Å². The summed E-state index contributed by atoms with van der Waals surface area (Å²) in [6.45, 7) is 3.34. The predicted octanol–water partition coefficient (Wildman–Crippen LogP) is 4.64. The average molecular weight is 388 g/mol. The number of benzene rings is 2. The molecule has 0 aliphatic rings. The van der Waals surface area contributed by atoms with E-state index in [2.05, 4.69) is 10.4 Å². The second kappa shape index (κ2) is 7.26. The van der Waals surface area contributed by atoms with Gasteiger partial charge in [0.2, 0.25) is 0 Å². The molecule has 0 saturated heterocycles. The molecule has 28 heavy (non-hydrogen) atoms. The number of aromatic nitrogens is 2. The van der Waals surface area contributed by atoms with Gasteiger partial charge in [-0.2, -0.15) is 5.10 Å². The van der Waals surface area contributed by atoms with E-state index in [-0.39, 0.29) is 34.1 Å². The Balaban J connectivity index is 2.18. The minimum absolute atomic E-state index is 0.0453. The third kappa shape index (κ3) is 3.38. The fourth-order valence-electron chi connectivity index (χ4n) is 3.03. The minimum Gasteiger partial charge on any atom is -0.497 e. The Morgan fingerprint density at radius 3 is 2.36 bits per heavy atom. The highest BCUT2D eigenvalue weighted by Gasteiger charge is 2.25. The Morgan fingerprint density at radius 1 is 1.14 bits per heavy atom. The minimum atomic E-state index is -0.825. The maximum Gasteiger partial charge on any atom is 0.292 e. The largest absolute Gasteiger partial charge is 0.497 e. The number of aryl methyl sites for hydroxylation is 3. The Hall–Kier alpha value is -3.49. The molecule has 7 nitrogen and oxygen atoms in total. The number of hydrogen-bond donors (Lipinski definition) is 1. The summed E-state index contributed by atoms with van der Waals surface area (Å²) in [6, 6.07) is 6.80. The Kier molecular flexibility index (Phi) is 5.00. The lowest BCUT2D eigenvalue weighted by molar-refractivity contribution is -0.384. The molecule has 0 fully saturated rings. The number of hydrogen-bond acceptors (Lipinski definition) is 5. The molecule has 0 aliphatic heterocycles. The molecule has 3 aromatic rings. The van der Waals surface area contributed by atoms with Crippen LogP contribution >= 0.6 is 0 Å². The molecule has 0 saturated carbocycles. The Morgan fingerprint density at radius 2 is 1.79 bits per heavy atom. The van der Waals surface area contributed by atoms with Gasteiger partial charge in [0.1, 0.15) is 28.9 Å². The molecule has 9 heteroatoms. The second-order valence-corrected chi connectivity index (χ2v) is 6.30. The smallest absolute Gasteiger partial charge is 0.292 e. The van der Waals surface area contributed by atoms with Crippen LogP contribution in [0.25, 0.3) is 11.1 Å². The lowest BCUT2D eigenvalue weighted by Gasteiger charge is -2.13. The lowest BCUT2D eigenvalue weighted by atomic mass is 10.0. The number of nitrogens with one attached hydrogen (secondary N) is 1. The first-order chi connectivity index (χ1) is 13.2. The van der Waals surface area contributed by atoms with E-state index in [0.29, 0.717) is 11.3 Å². The van der Waals surface area contributed by atoms with Crippen LogP contribution in [-0.4, -0.2) is 21.8 Å². The SMILES string of the molecule is COc1cc(F)c(-c2c(C)nn(C)c2Nc2ccc(C)cc2[N+](=O)[O-])c(F)c1. The normalized spacial score (nSPS) is 10.8. The van der Waals surface area contributed by atoms with Crippen molar-refractivity contribution in [3.05, 3.63) is 63.3 Å². The quantitative estimate of drug-likeness (QED) is 0.508. The molecule has 0 atom stereocenters. The first kappa shape index (κ1) is 19.3. The van der Waals surface area contributed by atoms with Gasteiger partial charge >= 0.3 is 0 Å². The van der Waals surface area contributed by atoms with Gasteiger partial charge in [-0.3, -0.25) is 14.8 Å². The van der Waals surface area contributed by atoms with E-state index in [1.807, 2.05) is 0 Å². The number of halogens is 2. The van der Waals surface area contributed by atoms with Crippen LogP contribution in [-0.2, 0) is 7.05 Å². The van der Waals surface area contributed by atoms with E-state index < -0.39 is 16.6 Å². The Bertz CT molecular complexity index is 1060. The first-order valence-electron chi connectivity index (χ1n) is 8.32. The molecule has 2 aromatic carbocycles. The van der Waals surface area contributed by atoms with Crippen molar-refractivity contribution in [2.24, 2.45) is 7.05 Å². The average Bonchev–Trinajstić information content (AvgIpc) is 2.89. The number of methoxy groups -OCH3 is 1. The molecule has 1 heterocycles. The van der Waals surface area contributed by atoms with E-state index in [9.17, 15) is 18.9 Å². The van der Waals surface area contributed by atoms with Crippen LogP contribution in [0.3, 0.4) is 0 Å². The molecule has 0 amide bonds. The molecule has 0 radical (unpaired) electrons. The second-order valence-electron chi connectivity index (χ2n) is 6.30. The summed E-state index contributed by atoms with van der Waals surface area (Å²) < 4.78 is 35.6. The van der Waals surface area contributed by atoms with Gasteiger partial charge in [-0.1, -0.05) is 6.07 Å². The number of nitrogens with zero attached hydrogens (tertiary/aromatic N) is 3. The molecule has 1 aromatic heterocycles. The standard InChI is InChI=1S/C19H18F2N4O3/c1-10-5-6-15(16(7-10)25(26)27)22-19-17(11(2)23-24(19)3)18-13(20)8-12(28-4)9-14(18)21/h5-9,22H,1-4H3.